The molecule has 1 saturated carbocycles. The van der Waals surface area contributed by atoms with E-state index in [9.17, 15) is 0 Å². The number of methoxy groups -OCH3 is 1. The molecule has 1 saturated heterocycles. The van der Waals surface area contributed by atoms with E-state index >= 15 is 0 Å². The molecule has 1 N–H and O–H groups in total. The number of hydrogen-bond acceptors (Lipinski definition) is 3. The molecule has 3 heteroatoms. The lowest BCUT2D eigenvalue weighted by molar-refractivity contribution is 0.185. The summed E-state index contributed by atoms with van der Waals surface area (Å²) in [5.41, 5.74) is 2.66. The van der Waals surface area contributed by atoms with Gasteiger partial charge in [-0.25, -0.2) is 0 Å². The predicted octanol–water partition coefficient (Wildman–Crippen LogP) is 2.55. The monoisotopic (exact) mass is 260 g/mol. The fraction of sp³-hybridized carbons (Fsp3) is 0.625. The third kappa shape index (κ3) is 3.28. The Morgan fingerprint density at radius 2 is 2.05 bits per heavy atom. The lowest BCUT2D eigenvalue weighted by Crippen LogP contribution is -2.46. The molecule has 2 aliphatic rings. The average molecular weight is 260 g/mol. The van der Waals surface area contributed by atoms with Crippen LogP contribution in [0.15, 0.2) is 24.3 Å². The van der Waals surface area contributed by atoms with Gasteiger partial charge in [0.15, 0.2) is 0 Å². The molecule has 1 aliphatic carbocycles. The Morgan fingerprint density at radius 3 is 2.84 bits per heavy atom. The molecule has 1 aromatic rings. The first-order valence-corrected chi connectivity index (χ1v) is 7.44. The van der Waals surface area contributed by atoms with Gasteiger partial charge in [-0.2, -0.15) is 0 Å². The molecule has 19 heavy (non-hydrogen) atoms. The van der Waals surface area contributed by atoms with Gasteiger partial charge in [-0.3, -0.25) is 0 Å². The minimum Gasteiger partial charge on any atom is -0.380 e. The third-order valence-corrected chi connectivity index (χ3v) is 4.10. The highest BCUT2D eigenvalue weighted by Crippen LogP contribution is 2.26. The van der Waals surface area contributed by atoms with Crippen LogP contribution in [0.3, 0.4) is 0 Å². The normalized spacial score (nSPS) is 23.6. The molecule has 1 aliphatic heterocycles. The topological polar surface area (TPSA) is 24.5 Å². The maximum Gasteiger partial charge on any atom is 0.0733 e. The molecule has 1 atom stereocenters. The summed E-state index contributed by atoms with van der Waals surface area (Å²) in [4.78, 5) is 2.53. The van der Waals surface area contributed by atoms with Crippen molar-refractivity contribution < 1.29 is 4.74 Å². The Balaban J connectivity index is 1.69. The zero-order chi connectivity index (χ0) is 13.1. The molecule has 0 amide bonds. The number of nitrogens with one attached hydrogen (secondary N) is 1. The van der Waals surface area contributed by atoms with Crippen molar-refractivity contribution in [2.45, 2.75) is 44.4 Å². The van der Waals surface area contributed by atoms with Gasteiger partial charge in [-0.05, 0) is 31.7 Å². The number of benzene rings is 1. The van der Waals surface area contributed by atoms with Crippen LogP contribution in [0.2, 0.25) is 0 Å². The van der Waals surface area contributed by atoms with E-state index in [4.69, 9.17) is 4.74 Å². The average Bonchev–Trinajstić information content (AvgIpc) is 3.24. The van der Waals surface area contributed by atoms with Crippen molar-refractivity contribution in [1.29, 1.82) is 0 Å². The molecule has 0 spiro atoms. The van der Waals surface area contributed by atoms with Gasteiger partial charge in [0.2, 0.25) is 0 Å². The van der Waals surface area contributed by atoms with Crippen molar-refractivity contribution in [3.8, 4) is 0 Å². The summed E-state index contributed by atoms with van der Waals surface area (Å²) in [6, 6.07) is 10.1. The van der Waals surface area contributed by atoms with Crippen LogP contribution < -0.4 is 10.2 Å². The van der Waals surface area contributed by atoms with E-state index in [-0.39, 0.29) is 0 Å². The number of anilines is 1. The summed E-state index contributed by atoms with van der Waals surface area (Å²) in [5.74, 6) is 0. The first kappa shape index (κ1) is 12.9. The minimum atomic E-state index is 0.664. The van der Waals surface area contributed by atoms with E-state index in [0.717, 1.165) is 12.6 Å². The van der Waals surface area contributed by atoms with Gasteiger partial charge >= 0.3 is 0 Å². The Kier molecular flexibility index (Phi) is 4.04. The van der Waals surface area contributed by atoms with Crippen LogP contribution in [0, 0.1) is 0 Å². The van der Waals surface area contributed by atoms with E-state index in [1.807, 2.05) is 0 Å². The van der Waals surface area contributed by atoms with E-state index in [0.29, 0.717) is 12.6 Å². The molecule has 0 radical (unpaired) electrons. The molecular formula is C16H24N2O. The number of piperidine rings is 1. The highest BCUT2D eigenvalue weighted by atomic mass is 16.5. The van der Waals surface area contributed by atoms with Crippen molar-refractivity contribution in [1.82, 2.24) is 5.32 Å². The van der Waals surface area contributed by atoms with Crippen LogP contribution in [-0.4, -0.2) is 32.3 Å². The molecule has 3 rings (SSSR count). The maximum atomic E-state index is 5.32. The van der Waals surface area contributed by atoms with Gasteiger partial charge in [0.1, 0.15) is 0 Å². The predicted molar refractivity (Wildman–Crippen MR) is 78.5 cm³/mol. The van der Waals surface area contributed by atoms with Crippen LogP contribution in [0.5, 0.6) is 0 Å². The first-order valence-electron chi connectivity index (χ1n) is 7.44. The zero-order valence-electron chi connectivity index (χ0n) is 11.8. The van der Waals surface area contributed by atoms with Crippen molar-refractivity contribution in [3.63, 3.8) is 0 Å². The number of nitrogens with zero attached hydrogens (tertiary/aromatic N) is 1. The molecule has 0 aromatic heterocycles. The van der Waals surface area contributed by atoms with Crippen LogP contribution >= 0.6 is 0 Å². The van der Waals surface area contributed by atoms with E-state index < -0.39 is 0 Å². The Morgan fingerprint density at radius 1 is 1.21 bits per heavy atom. The van der Waals surface area contributed by atoms with E-state index in [2.05, 4.69) is 34.5 Å². The molecule has 2 fully saturated rings. The lowest BCUT2D eigenvalue weighted by atomic mass is 10.0. The van der Waals surface area contributed by atoms with Crippen LogP contribution in [0.25, 0.3) is 0 Å². The summed E-state index contributed by atoms with van der Waals surface area (Å²) < 4.78 is 5.32. The van der Waals surface area contributed by atoms with Crippen molar-refractivity contribution in [3.05, 3.63) is 29.8 Å². The molecule has 1 heterocycles. The maximum absolute atomic E-state index is 5.32. The summed E-state index contributed by atoms with van der Waals surface area (Å²) >= 11 is 0. The standard InChI is InChI=1S/C16H24N2O/c1-19-12-13-5-2-3-7-16(13)18-10-4-6-15(11-18)17-14-8-9-14/h2-3,5,7,14-15,17H,4,6,8-12H2,1H3. The highest BCUT2D eigenvalue weighted by molar-refractivity contribution is 5.54. The fourth-order valence-corrected chi connectivity index (χ4v) is 3.01. The van der Waals surface area contributed by atoms with Gasteiger partial charge in [-0.1, -0.05) is 18.2 Å². The third-order valence-electron chi connectivity index (χ3n) is 4.10. The SMILES string of the molecule is COCc1ccccc1N1CCCC(NC2CC2)C1. The van der Waals surface area contributed by atoms with E-state index in [1.165, 1.54) is 43.5 Å². The molecule has 1 aromatic carbocycles. The molecule has 1 unspecified atom stereocenters. The van der Waals surface area contributed by atoms with Crippen molar-refractivity contribution >= 4 is 5.69 Å². The fourth-order valence-electron chi connectivity index (χ4n) is 3.01. The zero-order valence-corrected chi connectivity index (χ0v) is 11.8. The highest BCUT2D eigenvalue weighted by Gasteiger charge is 2.28. The quantitative estimate of drug-likeness (QED) is 0.880. The Hall–Kier alpha value is -1.06. The van der Waals surface area contributed by atoms with Crippen LogP contribution in [-0.2, 0) is 11.3 Å². The number of para-hydroxylation sites is 1. The van der Waals surface area contributed by atoms with E-state index in [1.54, 1.807) is 7.11 Å². The molecule has 0 bridgehead atoms. The molecular weight excluding hydrogens is 236 g/mol. The van der Waals surface area contributed by atoms with Gasteiger partial charge < -0.3 is 15.0 Å². The first-order chi connectivity index (χ1) is 9.36. The second-order valence-electron chi connectivity index (χ2n) is 5.79. The summed E-state index contributed by atoms with van der Waals surface area (Å²) in [7, 11) is 1.77. The van der Waals surface area contributed by atoms with Gasteiger partial charge in [0, 0.05) is 43.5 Å². The van der Waals surface area contributed by atoms with Crippen molar-refractivity contribution in [2.24, 2.45) is 0 Å². The van der Waals surface area contributed by atoms with Crippen LogP contribution in [0.4, 0.5) is 5.69 Å². The second kappa shape index (κ2) is 5.93. The minimum absolute atomic E-state index is 0.664. The summed E-state index contributed by atoms with van der Waals surface area (Å²) in [5, 5.41) is 3.77. The number of hydrogen-bond donors (Lipinski definition) is 1. The Bertz CT molecular complexity index is 417. The van der Waals surface area contributed by atoms with Gasteiger partial charge in [0.05, 0.1) is 6.61 Å². The summed E-state index contributed by atoms with van der Waals surface area (Å²) in [6.07, 6.45) is 5.35. The van der Waals surface area contributed by atoms with Gasteiger partial charge in [0.25, 0.3) is 0 Å². The summed E-state index contributed by atoms with van der Waals surface area (Å²) in [6.45, 7) is 3.01. The largest absolute Gasteiger partial charge is 0.380 e. The lowest BCUT2D eigenvalue weighted by Gasteiger charge is -2.36. The number of rotatable bonds is 5. The Labute approximate surface area is 115 Å². The number of ether oxygens (including phenoxy) is 1. The van der Waals surface area contributed by atoms with Crippen LogP contribution in [0.1, 0.15) is 31.2 Å². The second-order valence-corrected chi connectivity index (χ2v) is 5.79. The van der Waals surface area contributed by atoms with Gasteiger partial charge in [-0.15, -0.1) is 0 Å². The smallest absolute Gasteiger partial charge is 0.0733 e. The molecule has 104 valence electrons. The van der Waals surface area contributed by atoms with Crippen molar-refractivity contribution in [2.75, 3.05) is 25.1 Å². The molecule has 3 nitrogen and oxygen atoms in total.